The highest BCUT2D eigenvalue weighted by molar-refractivity contribution is 14.1. The third-order valence-corrected chi connectivity index (χ3v) is 4.47. The quantitative estimate of drug-likeness (QED) is 0.575. The van der Waals surface area contributed by atoms with Crippen LogP contribution in [0.25, 0.3) is 0 Å². The van der Waals surface area contributed by atoms with Crippen molar-refractivity contribution in [3.63, 3.8) is 0 Å². The Labute approximate surface area is 116 Å². The van der Waals surface area contributed by atoms with E-state index in [0.717, 1.165) is 4.90 Å². The minimum atomic E-state index is -4.78. The first kappa shape index (κ1) is 13.7. The predicted molar refractivity (Wildman–Crippen MR) is 69.9 cm³/mol. The van der Waals surface area contributed by atoms with Gasteiger partial charge >= 0.3 is 10.2 Å². The van der Waals surface area contributed by atoms with Crippen LogP contribution in [0.5, 0.6) is 0 Å². The number of hydrogen-bond acceptors (Lipinski definition) is 3. The Morgan fingerprint density at radius 3 is 2.56 bits per heavy atom. The fourth-order valence-electron chi connectivity index (χ4n) is 1.80. The van der Waals surface area contributed by atoms with E-state index >= 15 is 0 Å². The number of hydrogen-bond donors (Lipinski definition) is 0. The zero-order chi connectivity index (χ0) is 13.5. The molecule has 0 aliphatic carbocycles. The van der Waals surface area contributed by atoms with Crippen LogP contribution in [0.2, 0.25) is 0 Å². The molecule has 0 radical (unpaired) electrons. The standard InChI is InChI=1S/C10H8F2INO3S/c11-8-3-6(13)1-2-9(8)14-5-7(4-10(14)15)18(12,16)17/h1-3,7H,4-5H2. The Kier molecular flexibility index (Phi) is 3.58. The van der Waals surface area contributed by atoms with Gasteiger partial charge in [0.1, 0.15) is 11.1 Å². The summed E-state index contributed by atoms with van der Waals surface area (Å²) in [6, 6.07) is 4.19. The summed E-state index contributed by atoms with van der Waals surface area (Å²) in [6.07, 6.45) is -0.454. The van der Waals surface area contributed by atoms with E-state index < -0.39 is 33.6 Å². The number of nitrogens with zero attached hydrogens (tertiary/aromatic N) is 1. The number of rotatable bonds is 2. The van der Waals surface area contributed by atoms with Gasteiger partial charge in [0.2, 0.25) is 5.91 Å². The Balaban J connectivity index is 2.33. The van der Waals surface area contributed by atoms with Crippen molar-refractivity contribution in [3.05, 3.63) is 27.6 Å². The van der Waals surface area contributed by atoms with Gasteiger partial charge in [0.15, 0.2) is 0 Å². The van der Waals surface area contributed by atoms with Gasteiger partial charge in [0.25, 0.3) is 0 Å². The highest BCUT2D eigenvalue weighted by Crippen LogP contribution is 2.28. The van der Waals surface area contributed by atoms with E-state index in [-0.39, 0.29) is 12.2 Å². The molecule has 1 aromatic carbocycles. The van der Waals surface area contributed by atoms with Crippen molar-refractivity contribution in [1.82, 2.24) is 0 Å². The number of benzene rings is 1. The van der Waals surface area contributed by atoms with Crippen molar-refractivity contribution in [3.8, 4) is 0 Å². The van der Waals surface area contributed by atoms with E-state index in [4.69, 9.17) is 0 Å². The van der Waals surface area contributed by atoms with Gasteiger partial charge in [-0.05, 0) is 40.8 Å². The van der Waals surface area contributed by atoms with Crippen LogP contribution in [0.1, 0.15) is 6.42 Å². The first-order valence-electron chi connectivity index (χ1n) is 4.98. The zero-order valence-corrected chi connectivity index (χ0v) is 11.9. The molecule has 1 atom stereocenters. The summed E-state index contributed by atoms with van der Waals surface area (Å²) in [7, 11) is -4.78. The van der Waals surface area contributed by atoms with Crippen LogP contribution >= 0.6 is 22.6 Å². The van der Waals surface area contributed by atoms with Crippen molar-refractivity contribution in [1.29, 1.82) is 0 Å². The van der Waals surface area contributed by atoms with E-state index in [2.05, 4.69) is 0 Å². The van der Waals surface area contributed by atoms with Crippen LogP contribution in [0.15, 0.2) is 18.2 Å². The third kappa shape index (κ3) is 2.63. The molecule has 0 N–H and O–H groups in total. The lowest BCUT2D eigenvalue weighted by molar-refractivity contribution is -0.117. The summed E-state index contributed by atoms with van der Waals surface area (Å²) < 4.78 is 48.6. The van der Waals surface area contributed by atoms with Crippen molar-refractivity contribution >= 4 is 44.4 Å². The second-order valence-electron chi connectivity index (χ2n) is 3.90. The van der Waals surface area contributed by atoms with Gasteiger partial charge in [0, 0.05) is 16.5 Å². The van der Waals surface area contributed by atoms with E-state index in [0.29, 0.717) is 3.57 Å². The number of halogens is 3. The van der Waals surface area contributed by atoms with Crippen molar-refractivity contribution in [2.75, 3.05) is 11.4 Å². The molecule has 2 rings (SSSR count). The highest BCUT2D eigenvalue weighted by atomic mass is 127. The largest absolute Gasteiger partial charge is 0.308 e. The molecule has 0 spiro atoms. The Morgan fingerprint density at radius 1 is 1.39 bits per heavy atom. The van der Waals surface area contributed by atoms with Crippen LogP contribution in [0, 0.1) is 9.39 Å². The maximum atomic E-state index is 13.7. The van der Waals surface area contributed by atoms with Crippen LogP contribution in [-0.4, -0.2) is 26.1 Å². The first-order chi connectivity index (χ1) is 8.29. The molecule has 0 saturated carbocycles. The lowest BCUT2D eigenvalue weighted by atomic mass is 10.3. The number of carbonyl (C=O) groups is 1. The normalized spacial score (nSPS) is 20.5. The van der Waals surface area contributed by atoms with Gasteiger partial charge in [-0.1, -0.05) is 0 Å². The monoisotopic (exact) mass is 387 g/mol. The summed E-state index contributed by atoms with van der Waals surface area (Å²) in [6.45, 7) is -0.352. The molecule has 0 bridgehead atoms. The molecule has 1 fully saturated rings. The van der Waals surface area contributed by atoms with E-state index in [1.165, 1.54) is 12.1 Å². The summed E-state index contributed by atoms with van der Waals surface area (Å²) in [5.74, 6) is -1.23. The van der Waals surface area contributed by atoms with E-state index in [9.17, 15) is 21.5 Å². The van der Waals surface area contributed by atoms with Gasteiger partial charge in [-0.3, -0.25) is 4.79 Å². The molecular weight excluding hydrogens is 379 g/mol. The van der Waals surface area contributed by atoms with Crippen molar-refractivity contribution in [2.24, 2.45) is 0 Å². The predicted octanol–water partition coefficient (Wildman–Crippen LogP) is 1.83. The molecule has 1 unspecified atom stereocenters. The number of amides is 1. The Morgan fingerprint density at radius 2 is 2.06 bits per heavy atom. The lowest BCUT2D eigenvalue weighted by Crippen LogP contribution is -2.27. The topological polar surface area (TPSA) is 54.5 Å². The molecule has 1 aromatic rings. The zero-order valence-electron chi connectivity index (χ0n) is 8.94. The molecule has 0 aromatic heterocycles. The fraction of sp³-hybridized carbons (Fsp3) is 0.300. The minimum Gasteiger partial charge on any atom is -0.308 e. The SMILES string of the molecule is O=C1CC(S(=O)(=O)F)CN1c1ccc(I)cc1F. The molecule has 1 aliphatic heterocycles. The first-order valence-corrected chi connectivity index (χ1v) is 7.50. The molecule has 1 heterocycles. The van der Waals surface area contributed by atoms with Crippen molar-refractivity contribution < 1.29 is 21.5 Å². The van der Waals surface area contributed by atoms with Gasteiger partial charge in [-0.25, -0.2) is 4.39 Å². The van der Waals surface area contributed by atoms with Gasteiger partial charge in [-0.2, -0.15) is 8.42 Å². The molecule has 8 heteroatoms. The second-order valence-corrected chi connectivity index (χ2v) is 6.77. The highest BCUT2D eigenvalue weighted by Gasteiger charge is 2.39. The smallest absolute Gasteiger partial charge is 0.307 e. The molecule has 1 saturated heterocycles. The van der Waals surface area contributed by atoms with Crippen LogP contribution in [0.3, 0.4) is 0 Å². The molecule has 1 aliphatic rings. The molecular formula is C10H8F2INO3S. The number of carbonyl (C=O) groups excluding carboxylic acids is 1. The summed E-state index contributed by atoms with van der Waals surface area (Å²) >= 11 is 1.91. The maximum Gasteiger partial charge on any atom is 0.307 e. The lowest BCUT2D eigenvalue weighted by Gasteiger charge is -2.16. The molecule has 4 nitrogen and oxygen atoms in total. The Hall–Kier alpha value is -0.770. The third-order valence-electron chi connectivity index (χ3n) is 2.69. The Bertz CT molecular complexity index is 605. The van der Waals surface area contributed by atoms with Crippen LogP contribution in [-0.2, 0) is 15.0 Å². The van der Waals surface area contributed by atoms with E-state index in [1.807, 2.05) is 22.6 Å². The van der Waals surface area contributed by atoms with Gasteiger partial charge in [-0.15, -0.1) is 3.89 Å². The summed E-state index contributed by atoms with van der Waals surface area (Å²) in [4.78, 5) is 12.6. The second kappa shape index (κ2) is 4.72. The minimum absolute atomic E-state index is 0.0217. The van der Waals surface area contributed by atoms with E-state index in [1.54, 1.807) is 6.07 Å². The fourth-order valence-corrected chi connectivity index (χ4v) is 2.92. The molecule has 98 valence electrons. The number of anilines is 1. The van der Waals surface area contributed by atoms with Crippen LogP contribution in [0.4, 0.5) is 14.0 Å². The summed E-state index contributed by atoms with van der Waals surface area (Å²) in [5.41, 5.74) is -0.0217. The van der Waals surface area contributed by atoms with Crippen LogP contribution < -0.4 is 4.90 Å². The molecule has 1 amide bonds. The maximum absolute atomic E-state index is 13.7. The van der Waals surface area contributed by atoms with Crippen molar-refractivity contribution in [2.45, 2.75) is 11.7 Å². The van der Waals surface area contributed by atoms with Gasteiger partial charge in [0.05, 0.1) is 5.69 Å². The summed E-state index contributed by atoms with van der Waals surface area (Å²) in [5, 5.41) is -1.41. The van der Waals surface area contributed by atoms with Gasteiger partial charge < -0.3 is 4.90 Å². The molecule has 18 heavy (non-hydrogen) atoms. The average molecular weight is 387 g/mol. The average Bonchev–Trinajstić information content (AvgIpc) is 2.60.